The maximum Gasteiger partial charge on any atom is 0.108 e. The number of rotatable bonds is 4. The largest absolute Gasteiger partial charge is 0.326 e. The number of fused-ring (bicyclic) bond motifs is 2. The first kappa shape index (κ1) is 21.8. The average molecular weight is 459 g/mol. The molecule has 0 radical (unpaired) electrons. The van der Waals surface area contributed by atoms with Gasteiger partial charge in [-0.3, -0.25) is 15.3 Å². The van der Waals surface area contributed by atoms with Gasteiger partial charge in [-0.25, -0.2) is 0 Å². The SMILES string of the molecule is Cc1ccc(N2CC=C3CN(Cc4ccccc4)CCC3C2=N)cc1-c1cc2ccccc2cn1. The van der Waals surface area contributed by atoms with Gasteiger partial charge in [-0.05, 0) is 60.2 Å². The molecule has 2 aliphatic heterocycles. The molecule has 1 saturated heterocycles. The lowest BCUT2D eigenvalue weighted by molar-refractivity contribution is 0.242. The summed E-state index contributed by atoms with van der Waals surface area (Å²) in [5.41, 5.74) is 7.15. The monoisotopic (exact) mass is 458 g/mol. The third-order valence-electron chi connectivity index (χ3n) is 7.43. The van der Waals surface area contributed by atoms with E-state index in [-0.39, 0.29) is 5.92 Å². The molecule has 6 rings (SSSR count). The number of nitrogens with zero attached hydrogens (tertiary/aromatic N) is 3. The number of likely N-dealkylation sites (tertiary alicyclic amines) is 1. The molecular weight excluding hydrogens is 428 g/mol. The van der Waals surface area contributed by atoms with Crippen LogP contribution in [0, 0.1) is 18.3 Å². The molecule has 2 aliphatic rings. The highest BCUT2D eigenvalue weighted by atomic mass is 15.2. The van der Waals surface area contributed by atoms with Crippen molar-refractivity contribution >= 4 is 22.3 Å². The van der Waals surface area contributed by atoms with Crippen molar-refractivity contribution in [2.24, 2.45) is 5.92 Å². The van der Waals surface area contributed by atoms with Crippen molar-refractivity contribution in [3.05, 3.63) is 108 Å². The van der Waals surface area contributed by atoms with Gasteiger partial charge in [0.15, 0.2) is 0 Å². The fraction of sp³-hybridized carbons (Fsp3) is 0.226. The molecule has 3 heterocycles. The number of piperidine rings is 1. The minimum atomic E-state index is 0.208. The highest BCUT2D eigenvalue weighted by molar-refractivity contribution is 6.01. The van der Waals surface area contributed by atoms with Crippen LogP contribution >= 0.6 is 0 Å². The lowest BCUT2D eigenvalue weighted by atomic mass is 9.86. The van der Waals surface area contributed by atoms with Crippen LogP contribution in [0.5, 0.6) is 0 Å². The molecule has 3 aromatic carbocycles. The molecule has 0 spiro atoms. The van der Waals surface area contributed by atoms with Crippen LogP contribution in [0.25, 0.3) is 22.0 Å². The van der Waals surface area contributed by atoms with Gasteiger partial charge in [0.05, 0.1) is 5.69 Å². The first-order valence-corrected chi connectivity index (χ1v) is 12.4. The van der Waals surface area contributed by atoms with Gasteiger partial charge in [-0.1, -0.05) is 66.7 Å². The van der Waals surface area contributed by atoms with Crippen molar-refractivity contribution in [2.75, 3.05) is 24.5 Å². The zero-order valence-electron chi connectivity index (χ0n) is 20.1. The van der Waals surface area contributed by atoms with Crippen LogP contribution in [0.15, 0.2) is 96.7 Å². The Morgan fingerprint density at radius 2 is 1.74 bits per heavy atom. The van der Waals surface area contributed by atoms with Crippen molar-refractivity contribution in [3.8, 4) is 11.3 Å². The summed E-state index contributed by atoms with van der Waals surface area (Å²) in [6.45, 7) is 5.83. The zero-order valence-corrected chi connectivity index (χ0v) is 20.1. The van der Waals surface area contributed by atoms with Gasteiger partial charge in [0, 0.05) is 48.4 Å². The van der Waals surface area contributed by atoms with Crippen molar-refractivity contribution in [3.63, 3.8) is 0 Å². The summed E-state index contributed by atoms with van der Waals surface area (Å²) in [6.07, 6.45) is 5.31. The average Bonchev–Trinajstić information content (AvgIpc) is 2.90. The van der Waals surface area contributed by atoms with Gasteiger partial charge >= 0.3 is 0 Å². The molecule has 1 aromatic heterocycles. The highest BCUT2D eigenvalue weighted by Crippen LogP contribution is 2.34. The summed E-state index contributed by atoms with van der Waals surface area (Å²) in [7, 11) is 0. The summed E-state index contributed by atoms with van der Waals surface area (Å²) in [5.74, 6) is 0.933. The number of anilines is 1. The van der Waals surface area contributed by atoms with Crippen LogP contribution in [-0.2, 0) is 6.54 Å². The van der Waals surface area contributed by atoms with Crippen molar-refractivity contribution < 1.29 is 0 Å². The molecule has 174 valence electrons. The molecule has 1 N–H and O–H groups in total. The topological polar surface area (TPSA) is 43.2 Å². The maximum absolute atomic E-state index is 9.08. The number of hydrogen-bond donors (Lipinski definition) is 1. The van der Waals surface area contributed by atoms with Crippen LogP contribution in [0.4, 0.5) is 5.69 Å². The number of nitrogens with one attached hydrogen (secondary N) is 1. The first-order valence-electron chi connectivity index (χ1n) is 12.4. The molecule has 4 heteroatoms. The van der Waals surface area contributed by atoms with Gasteiger partial charge in [0.2, 0.25) is 0 Å². The molecule has 4 nitrogen and oxygen atoms in total. The molecule has 1 unspecified atom stereocenters. The predicted octanol–water partition coefficient (Wildman–Crippen LogP) is 6.46. The lowest BCUT2D eigenvalue weighted by Crippen LogP contribution is -2.47. The molecular formula is C31H30N4. The smallest absolute Gasteiger partial charge is 0.108 e. The van der Waals surface area contributed by atoms with Gasteiger partial charge in [0.1, 0.15) is 5.84 Å². The Labute approximate surface area is 207 Å². The second-order valence-electron chi connectivity index (χ2n) is 9.73. The molecule has 4 aromatic rings. The summed E-state index contributed by atoms with van der Waals surface area (Å²) in [6, 6.07) is 27.7. The summed E-state index contributed by atoms with van der Waals surface area (Å²) >= 11 is 0. The molecule has 0 aliphatic carbocycles. The summed E-state index contributed by atoms with van der Waals surface area (Å²) in [4.78, 5) is 9.44. The first-order chi connectivity index (χ1) is 17.2. The number of aryl methyl sites for hydroxylation is 1. The third kappa shape index (κ3) is 4.26. The molecule has 0 amide bonds. The fourth-order valence-corrected chi connectivity index (χ4v) is 5.46. The standard InChI is InChI=1S/C31H30N4/c1-22-11-12-27(18-29(22)30-17-24-9-5-6-10-25(24)19-33-30)35-16-13-26-21-34(15-14-28(26)31(35)32)20-23-7-3-2-4-8-23/h2-13,17-19,28,32H,14-16,20-21H2,1H3. The van der Waals surface area contributed by atoms with Crippen LogP contribution in [0.3, 0.4) is 0 Å². The maximum atomic E-state index is 9.08. The van der Waals surface area contributed by atoms with E-state index in [2.05, 4.69) is 95.6 Å². The molecule has 0 bridgehead atoms. The van der Waals surface area contributed by atoms with E-state index in [9.17, 15) is 0 Å². The molecule has 35 heavy (non-hydrogen) atoms. The minimum Gasteiger partial charge on any atom is -0.326 e. The van der Waals surface area contributed by atoms with Gasteiger partial charge in [-0.15, -0.1) is 0 Å². The Kier molecular flexibility index (Phi) is 5.67. The minimum absolute atomic E-state index is 0.208. The number of pyridine rings is 1. The molecule has 1 fully saturated rings. The van der Waals surface area contributed by atoms with E-state index in [1.807, 2.05) is 12.3 Å². The Balaban J connectivity index is 1.24. The Hall–Kier alpha value is -3.76. The third-order valence-corrected chi connectivity index (χ3v) is 7.43. The normalized spacial score (nSPS) is 18.4. The van der Waals surface area contributed by atoms with Gasteiger partial charge in [-0.2, -0.15) is 0 Å². The van der Waals surface area contributed by atoms with Crippen LogP contribution in [0.2, 0.25) is 0 Å². The number of amidine groups is 1. The fourth-order valence-electron chi connectivity index (χ4n) is 5.46. The van der Waals surface area contributed by atoms with Gasteiger partial charge in [0.25, 0.3) is 0 Å². The lowest BCUT2D eigenvalue weighted by Gasteiger charge is -2.41. The molecule has 1 atom stereocenters. The second kappa shape index (κ2) is 9.12. The van der Waals surface area contributed by atoms with E-state index < -0.39 is 0 Å². The van der Waals surface area contributed by atoms with E-state index in [1.165, 1.54) is 22.1 Å². The molecule has 0 saturated carbocycles. The van der Waals surface area contributed by atoms with Gasteiger partial charge < -0.3 is 4.90 Å². The number of hydrogen-bond acceptors (Lipinski definition) is 3. The van der Waals surface area contributed by atoms with Crippen LogP contribution in [-0.4, -0.2) is 35.4 Å². The van der Waals surface area contributed by atoms with Crippen molar-refractivity contribution in [1.29, 1.82) is 5.41 Å². The highest BCUT2D eigenvalue weighted by Gasteiger charge is 2.33. The summed E-state index contributed by atoms with van der Waals surface area (Å²) in [5, 5.41) is 11.4. The van der Waals surface area contributed by atoms with E-state index in [0.717, 1.165) is 60.8 Å². The zero-order chi connectivity index (χ0) is 23.8. The second-order valence-corrected chi connectivity index (χ2v) is 9.73. The number of aromatic nitrogens is 1. The predicted molar refractivity (Wildman–Crippen MR) is 145 cm³/mol. The van der Waals surface area contributed by atoms with Crippen LogP contribution < -0.4 is 4.90 Å². The van der Waals surface area contributed by atoms with E-state index in [4.69, 9.17) is 10.4 Å². The van der Waals surface area contributed by atoms with E-state index in [0.29, 0.717) is 0 Å². The van der Waals surface area contributed by atoms with Crippen molar-refractivity contribution in [2.45, 2.75) is 19.9 Å². The van der Waals surface area contributed by atoms with E-state index in [1.54, 1.807) is 0 Å². The van der Waals surface area contributed by atoms with Crippen LogP contribution in [0.1, 0.15) is 17.5 Å². The summed E-state index contributed by atoms with van der Waals surface area (Å²) < 4.78 is 0. The van der Waals surface area contributed by atoms with Crippen molar-refractivity contribution in [1.82, 2.24) is 9.88 Å². The Morgan fingerprint density at radius 3 is 2.60 bits per heavy atom. The van der Waals surface area contributed by atoms with E-state index >= 15 is 0 Å². The Morgan fingerprint density at radius 1 is 0.943 bits per heavy atom. The quantitative estimate of drug-likeness (QED) is 0.357. The Bertz CT molecular complexity index is 1420. The number of benzene rings is 3.